The molecule has 0 aliphatic heterocycles. The number of carbonyl (C=O) groups is 1. The van der Waals surface area contributed by atoms with Gasteiger partial charge in [0.15, 0.2) is 0 Å². The zero-order valence-electron chi connectivity index (χ0n) is 10.5. The van der Waals surface area contributed by atoms with E-state index in [-0.39, 0.29) is 5.91 Å². The number of rotatable bonds is 4. The van der Waals surface area contributed by atoms with Crippen molar-refractivity contribution in [3.05, 3.63) is 60.4 Å². The molecule has 0 bridgehead atoms. The molecule has 3 aromatic rings. The zero-order valence-corrected chi connectivity index (χ0v) is 10.5. The van der Waals surface area contributed by atoms with Crippen molar-refractivity contribution in [3.8, 4) is 11.3 Å². The molecule has 1 amide bonds. The predicted octanol–water partition coefficient (Wildman–Crippen LogP) is 1.99. The van der Waals surface area contributed by atoms with Gasteiger partial charge in [0.1, 0.15) is 11.5 Å². The molecule has 0 saturated carbocycles. The molecule has 0 spiro atoms. The molecule has 2 N–H and O–H groups in total. The number of pyridine rings is 1. The summed E-state index contributed by atoms with van der Waals surface area (Å²) in [6.45, 7) is 0.343. The summed E-state index contributed by atoms with van der Waals surface area (Å²) in [7, 11) is 0. The lowest BCUT2D eigenvalue weighted by Gasteiger charge is -1.99. The minimum atomic E-state index is -0.228. The molecule has 0 atom stereocenters. The molecule has 0 aliphatic carbocycles. The fourth-order valence-corrected chi connectivity index (χ4v) is 1.78. The standard InChI is InChI=1S/C14H12N4O2/c19-14(16-9-11-2-1-7-20-11)13-8-12(17-18-13)10-3-5-15-6-4-10/h1-8H,9H2,(H,16,19)(H,17,18). The summed E-state index contributed by atoms with van der Waals surface area (Å²) in [4.78, 5) is 15.9. The van der Waals surface area contributed by atoms with Gasteiger partial charge in [-0.1, -0.05) is 0 Å². The Morgan fingerprint density at radius 2 is 2.15 bits per heavy atom. The van der Waals surface area contributed by atoms with Gasteiger partial charge in [-0.2, -0.15) is 5.10 Å². The molecular weight excluding hydrogens is 256 g/mol. The highest BCUT2D eigenvalue weighted by Gasteiger charge is 2.11. The summed E-state index contributed by atoms with van der Waals surface area (Å²) in [6, 6.07) is 8.95. The Labute approximate surface area is 114 Å². The zero-order chi connectivity index (χ0) is 13.8. The highest BCUT2D eigenvalue weighted by molar-refractivity contribution is 5.93. The van der Waals surface area contributed by atoms with Crippen molar-refractivity contribution in [2.45, 2.75) is 6.54 Å². The number of amides is 1. The number of aromatic nitrogens is 3. The molecule has 0 fully saturated rings. The third kappa shape index (κ3) is 2.59. The van der Waals surface area contributed by atoms with Gasteiger partial charge in [0, 0.05) is 18.0 Å². The largest absolute Gasteiger partial charge is 0.467 e. The fraction of sp³-hybridized carbons (Fsp3) is 0.0714. The van der Waals surface area contributed by atoms with Crippen LogP contribution in [0.1, 0.15) is 16.2 Å². The van der Waals surface area contributed by atoms with Crippen LogP contribution in [-0.2, 0) is 6.54 Å². The quantitative estimate of drug-likeness (QED) is 0.758. The molecule has 3 rings (SSSR count). The Hall–Kier alpha value is -2.89. The second-order valence-corrected chi connectivity index (χ2v) is 4.16. The van der Waals surface area contributed by atoms with Crippen LogP contribution in [0.25, 0.3) is 11.3 Å². The lowest BCUT2D eigenvalue weighted by molar-refractivity contribution is 0.0943. The van der Waals surface area contributed by atoms with E-state index >= 15 is 0 Å². The van der Waals surface area contributed by atoms with E-state index in [1.165, 1.54) is 0 Å². The van der Waals surface area contributed by atoms with Crippen molar-refractivity contribution in [1.82, 2.24) is 20.5 Å². The highest BCUT2D eigenvalue weighted by atomic mass is 16.3. The normalized spacial score (nSPS) is 10.4. The van der Waals surface area contributed by atoms with Crippen LogP contribution in [-0.4, -0.2) is 21.1 Å². The minimum absolute atomic E-state index is 0.228. The first-order valence-corrected chi connectivity index (χ1v) is 6.09. The SMILES string of the molecule is O=C(NCc1ccco1)c1cc(-c2ccncc2)n[nH]1. The maximum absolute atomic E-state index is 11.9. The molecule has 0 radical (unpaired) electrons. The van der Waals surface area contributed by atoms with E-state index in [1.807, 2.05) is 12.1 Å². The number of nitrogens with zero attached hydrogens (tertiary/aromatic N) is 2. The Bertz CT molecular complexity index is 689. The van der Waals surface area contributed by atoms with Crippen molar-refractivity contribution in [2.75, 3.05) is 0 Å². The highest BCUT2D eigenvalue weighted by Crippen LogP contribution is 2.16. The number of carbonyl (C=O) groups excluding carboxylic acids is 1. The molecular formula is C14H12N4O2. The lowest BCUT2D eigenvalue weighted by atomic mass is 10.2. The van der Waals surface area contributed by atoms with Crippen LogP contribution in [0.5, 0.6) is 0 Å². The molecule has 0 aromatic carbocycles. The first kappa shape index (κ1) is 12.2. The number of nitrogens with one attached hydrogen (secondary N) is 2. The molecule has 6 heteroatoms. The third-order valence-corrected chi connectivity index (χ3v) is 2.80. The molecule has 0 aliphatic rings. The van der Waals surface area contributed by atoms with Gasteiger partial charge in [-0.25, -0.2) is 0 Å². The van der Waals surface area contributed by atoms with Crippen molar-refractivity contribution < 1.29 is 9.21 Å². The monoisotopic (exact) mass is 268 g/mol. The number of furan rings is 1. The van der Waals surface area contributed by atoms with Crippen LogP contribution < -0.4 is 5.32 Å². The van der Waals surface area contributed by atoms with Crippen LogP contribution in [0.3, 0.4) is 0 Å². The Morgan fingerprint density at radius 3 is 2.90 bits per heavy atom. The van der Waals surface area contributed by atoms with E-state index < -0.39 is 0 Å². The van der Waals surface area contributed by atoms with Crippen LogP contribution >= 0.6 is 0 Å². The van der Waals surface area contributed by atoms with Crippen LogP contribution in [0.15, 0.2) is 53.4 Å². The molecule has 3 aromatic heterocycles. The van der Waals surface area contributed by atoms with Gasteiger partial charge < -0.3 is 9.73 Å². The van der Waals surface area contributed by atoms with Crippen LogP contribution in [0.4, 0.5) is 0 Å². The summed E-state index contributed by atoms with van der Waals surface area (Å²) < 4.78 is 5.15. The van der Waals surface area contributed by atoms with E-state index in [1.54, 1.807) is 36.9 Å². The maximum atomic E-state index is 11.9. The van der Waals surface area contributed by atoms with Gasteiger partial charge in [0.2, 0.25) is 0 Å². The number of hydrogen-bond acceptors (Lipinski definition) is 4. The summed E-state index contributed by atoms with van der Waals surface area (Å²) in [6.07, 6.45) is 4.93. The van der Waals surface area contributed by atoms with Gasteiger partial charge in [-0.3, -0.25) is 14.9 Å². The van der Waals surface area contributed by atoms with Gasteiger partial charge in [-0.15, -0.1) is 0 Å². The van der Waals surface area contributed by atoms with Crippen LogP contribution in [0.2, 0.25) is 0 Å². The third-order valence-electron chi connectivity index (χ3n) is 2.80. The smallest absolute Gasteiger partial charge is 0.269 e. The van der Waals surface area contributed by atoms with Gasteiger partial charge in [-0.05, 0) is 30.3 Å². The van der Waals surface area contributed by atoms with Crippen molar-refractivity contribution in [1.29, 1.82) is 0 Å². The lowest BCUT2D eigenvalue weighted by Crippen LogP contribution is -2.22. The van der Waals surface area contributed by atoms with Crippen molar-refractivity contribution in [2.24, 2.45) is 0 Å². The summed E-state index contributed by atoms with van der Waals surface area (Å²) in [5, 5.41) is 9.59. The van der Waals surface area contributed by atoms with E-state index in [0.29, 0.717) is 23.7 Å². The number of aromatic amines is 1. The average molecular weight is 268 g/mol. The maximum Gasteiger partial charge on any atom is 0.269 e. The Morgan fingerprint density at radius 1 is 1.30 bits per heavy atom. The van der Waals surface area contributed by atoms with E-state index in [9.17, 15) is 4.79 Å². The van der Waals surface area contributed by atoms with Gasteiger partial charge >= 0.3 is 0 Å². The molecule has 100 valence electrons. The second kappa shape index (κ2) is 5.40. The van der Waals surface area contributed by atoms with Crippen molar-refractivity contribution >= 4 is 5.91 Å². The van der Waals surface area contributed by atoms with E-state index in [0.717, 1.165) is 5.56 Å². The Balaban J connectivity index is 1.69. The first-order chi connectivity index (χ1) is 9.83. The fourth-order valence-electron chi connectivity index (χ4n) is 1.78. The van der Waals surface area contributed by atoms with E-state index in [4.69, 9.17) is 4.42 Å². The molecule has 6 nitrogen and oxygen atoms in total. The second-order valence-electron chi connectivity index (χ2n) is 4.16. The van der Waals surface area contributed by atoms with Gasteiger partial charge in [0.25, 0.3) is 5.91 Å². The molecule has 20 heavy (non-hydrogen) atoms. The predicted molar refractivity (Wildman–Crippen MR) is 71.7 cm³/mol. The Kier molecular flexibility index (Phi) is 3.28. The minimum Gasteiger partial charge on any atom is -0.467 e. The number of hydrogen-bond donors (Lipinski definition) is 2. The molecule has 0 saturated heterocycles. The summed E-state index contributed by atoms with van der Waals surface area (Å²) >= 11 is 0. The molecule has 0 unspecified atom stereocenters. The average Bonchev–Trinajstić information content (AvgIpc) is 3.17. The van der Waals surface area contributed by atoms with Crippen molar-refractivity contribution in [3.63, 3.8) is 0 Å². The summed E-state index contributed by atoms with van der Waals surface area (Å²) in [5.41, 5.74) is 2.01. The van der Waals surface area contributed by atoms with Crippen LogP contribution in [0, 0.1) is 0 Å². The number of H-pyrrole nitrogens is 1. The molecule has 3 heterocycles. The topological polar surface area (TPSA) is 83.8 Å². The summed E-state index contributed by atoms with van der Waals surface area (Å²) in [5.74, 6) is 0.474. The first-order valence-electron chi connectivity index (χ1n) is 6.09. The van der Waals surface area contributed by atoms with Gasteiger partial charge in [0.05, 0.1) is 18.5 Å². The van der Waals surface area contributed by atoms with E-state index in [2.05, 4.69) is 20.5 Å².